The Balaban J connectivity index is 2.93. The number of hydrogen-bond donors (Lipinski definition) is 2. The highest BCUT2D eigenvalue weighted by Crippen LogP contribution is 2.21. The smallest absolute Gasteiger partial charge is 0.307 e. The van der Waals surface area contributed by atoms with E-state index in [1.807, 2.05) is 0 Å². The maximum absolute atomic E-state index is 13.4. The largest absolute Gasteiger partial charge is 0.352 e. The van der Waals surface area contributed by atoms with Crippen molar-refractivity contribution in [3.8, 4) is 0 Å². The van der Waals surface area contributed by atoms with Gasteiger partial charge in [-0.25, -0.2) is 4.39 Å². The molecular formula is C10H11F2N3O3. The molecule has 8 heteroatoms. The number of nitro groups is 1. The van der Waals surface area contributed by atoms with Crippen LogP contribution in [-0.4, -0.2) is 23.9 Å². The van der Waals surface area contributed by atoms with Gasteiger partial charge in [-0.3, -0.25) is 14.9 Å². The summed E-state index contributed by atoms with van der Waals surface area (Å²) in [6.07, 6.45) is 0.489. The van der Waals surface area contributed by atoms with E-state index in [1.54, 1.807) is 0 Å². The van der Waals surface area contributed by atoms with E-state index in [4.69, 9.17) is 5.73 Å². The van der Waals surface area contributed by atoms with E-state index < -0.39 is 33.7 Å². The Morgan fingerprint density at radius 3 is 2.61 bits per heavy atom. The number of hydrogen-bond acceptors (Lipinski definition) is 4. The topological polar surface area (TPSA) is 98.3 Å². The lowest BCUT2D eigenvalue weighted by atomic mass is 10.1. The summed E-state index contributed by atoms with van der Waals surface area (Å²) in [5.74, 6) is -3.24. The molecule has 0 fully saturated rings. The highest BCUT2D eigenvalue weighted by molar-refractivity contribution is 5.94. The molecule has 1 aromatic carbocycles. The number of rotatable bonds is 5. The molecule has 0 saturated carbocycles. The van der Waals surface area contributed by atoms with Crippen LogP contribution >= 0.6 is 0 Å². The number of nitrogens with one attached hydrogen (secondary N) is 1. The van der Waals surface area contributed by atoms with Gasteiger partial charge in [0.1, 0.15) is 5.82 Å². The lowest BCUT2D eigenvalue weighted by Gasteiger charge is -2.05. The number of nitrogens with zero attached hydrogens (tertiary/aromatic N) is 1. The van der Waals surface area contributed by atoms with Crippen molar-refractivity contribution in [1.29, 1.82) is 0 Å². The molecule has 0 bridgehead atoms. The summed E-state index contributed by atoms with van der Waals surface area (Å²) in [6.45, 7) is 0.560. The lowest BCUT2D eigenvalue weighted by molar-refractivity contribution is -0.387. The quantitative estimate of drug-likeness (QED) is 0.467. The summed E-state index contributed by atoms with van der Waals surface area (Å²) < 4.78 is 26.6. The van der Waals surface area contributed by atoms with E-state index in [2.05, 4.69) is 5.32 Å². The molecule has 1 amide bonds. The molecule has 0 aliphatic heterocycles. The zero-order chi connectivity index (χ0) is 13.7. The number of carbonyl (C=O) groups is 1. The van der Waals surface area contributed by atoms with Crippen molar-refractivity contribution in [3.05, 3.63) is 39.4 Å². The van der Waals surface area contributed by atoms with Crippen molar-refractivity contribution in [2.24, 2.45) is 5.73 Å². The van der Waals surface area contributed by atoms with E-state index in [1.165, 1.54) is 0 Å². The number of benzene rings is 1. The van der Waals surface area contributed by atoms with Crippen LogP contribution in [0.4, 0.5) is 14.5 Å². The zero-order valence-electron chi connectivity index (χ0n) is 9.28. The second-order valence-corrected chi connectivity index (χ2v) is 3.44. The van der Waals surface area contributed by atoms with Crippen molar-refractivity contribution in [2.75, 3.05) is 13.1 Å². The first-order valence-corrected chi connectivity index (χ1v) is 5.09. The van der Waals surface area contributed by atoms with Crippen molar-refractivity contribution in [1.82, 2.24) is 5.32 Å². The summed E-state index contributed by atoms with van der Waals surface area (Å²) in [6, 6.07) is 0.887. The average Bonchev–Trinajstić information content (AvgIpc) is 2.31. The third-order valence-corrected chi connectivity index (χ3v) is 2.14. The van der Waals surface area contributed by atoms with Crippen molar-refractivity contribution in [3.63, 3.8) is 0 Å². The fraction of sp³-hybridized carbons (Fsp3) is 0.300. The first kappa shape index (κ1) is 14.0. The molecule has 0 saturated heterocycles. The first-order chi connectivity index (χ1) is 8.47. The molecule has 1 rings (SSSR count). The van der Waals surface area contributed by atoms with Crippen molar-refractivity contribution >= 4 is 11.6 Å². The van der Waals surface area contributed by atoms with E-state index in [-0.39, 0.29) is 6.54 Å². The molecule has 0 aliphatic rings. The molecule has 1 aromatic rings. The van der Waals surface area contributed by atoms with Crippen molar-refractivity contribution < 1.29 is 18.5 Å². The maximum Gasteiger partial charge on any atom is 0.307 e. The number of carbonyl (C=O) groups excluding carboxylic acids is 1. The van der Waals surface area contributed by atoms with Crippen LogP contribution in [0, 0.1) is 21.7 Å². The van der Waals surface area contributed by atoms with Crippen LogP contribution in [0.25, 0.3) is 0 Å². The minimum Gasteiger partial charge on any atom is -0.352 e. The number of nitrogens with two attached hydrogens (primary N) is 1. The molecule has 98 valence electrons. The normalized spacial score (nSPS) is 10.2. The van der Waals surface area contributed by atoms with Gasteiger partial charge in [-0.15, -0.1) is 0 Å². The summed E-state index contributed by atoms with van der Waals surface area (Å²) >= 11 is 0. The molecule has 0 spiro atoms. The van der Waals surface area contributed by atoms with Gasteiger partial charge in [-0.2, -0.15) is 4.39 Å². The molecular weight excluding hydrogens is 248 g/mol. The fourth-order valence-electron chi connectivity index (χ4n) is 1.25. The highest BCUT2D eigenvalue weighted by Gasteiger charge is 2.21. The second-order valence-electron chi connectivity index (χ2n) is 3.44. The van der Waals surface area contributed by atoms with Gasteiger partial charge in [0.25, 0.3) is 5.91 Å². The fourth-order valence-corrected chi connectivity index (χ4v) is 1.25. The summed E-state index contributed by atoms with van der Waals surface area (Å²) in [5.41, 5.74) is 3.62. The minimum absolute atomic E-state index is 0.216. The maximum atomic E-state index is 13.4. The second kappa shape index (κ2) is 6.01. The number of halogens is 2. The van der Waals surface area contributed by atoms with Crippen LogP contribution in [0.15, 0.2) is 12.1 Å². The predicted molar refractivity (Wildman–Crippen MR) is 59.0 cm³/mol. The van der Waals surface area contributed by atoms with Gasteiger partial charge in [0.15, 0.2) is 0 Å². The summed E-state index contributed by atoms with van der Waals surface area (Å²) in [7, 11) is 0. The van der Waals surface area contributed by atoms with Gasteiger partial charge < -0.3 is 11.1 Å². The van der Waals surface area contributed by atoms with Crippen LogP contribution < -0.4 is 11.1 Å². The Labute approximate surface area is 101 Å². The molecule has 3 N–H and O–H groups in total. The van der Waals surface area contributed by atoms with Crippen LogP contribution in [-0.2, 0) is 0 Å². The molecule has 0 aliphatic carbocycles. The summed E-state index contributed by atoms with van der Waals surface area (Å²) in [4.78, 5) is 20.7. The van der Waals surface area contributed by atoms with Gasteiger partial charge in [0.05, 0.1) is 16.6 Å². The molecule has 18 heavy (non-hydrogen) atoms. The van der Waals surface area contributed by atoms with Gasteiger partial charge in [0, 0.05) is 6.54 Å². The molecule has 6 nitrogen and oxygen atoms in total. The standard InChI is InChI=1S/C10H11F2N3O3/c11-7-5-9(15(17)18)8(12)4-6(7)10(16)14-3-1-2-13/h4-5H,1-3,13H2,(H,14,16). The Kier molecular flexibility index (Phi) is 4.67. The zero-order valence-corrected chi connectivity index (χ0v) is 9.28. The van der Waals surface area contributed by atoms with Gasteiger partial charge in [-0.05, 0) is 19.0 Å². The predicted octanol–water partition coefficient (Wildman–Crippen LogP) is 0.952. The average molecular weight is 259 g/mol. The van der Waals surface area contributed by atoms with E-state index in [0.29, 0.717) is 25.1 Å². The number of nitro benzene ring substituents is 1. The molecule has 0 radical (unpaired) electrons. The Hall–Kier alpha value is -2.09. The monoisotopic (exact) mass is 259 g/mol. The molecule has 0 unspecified atom stereocenters. The van der Waals surface area contributed by atoms with Crippen LogP contribution in [0.1, 0.15) is 16.8 Å². The van der Waals surface area contributed by atoms with E-state index in [0.717, 1.165) is 0 Å². The third-order valence-electron chi connectivity index (χ3n) is 2.14. The highest BCUT2D eigenvalue weighted by atomic mass is 19.1. The van der Waals surface area contributed by atoms with E-state index >= 15 is 0 Å². The van der Waals surface area contributed by atoms with Crippen molar-refractivity contribution in [2.45, 2.75) is 6.42 Å². The van der Waals surface area contributed by atoms with Gasteiger partial charge in [-0.1, -0.05) is 0 Å². The molecule has 0 heterocycles. The lowest BCUT2D eigenvalue weighted by Crippen LogP contribution is -2.27. The van der Waals surface area contributed by atoms with Gasteiger partial charge >= 0.3 is 5.69 Å². The number of amides is 1. The third kappa shape index (κ3) is 3.20. The SMILES string of the molecule is NCCCNC(=O)c1cc(F)c([N+](=O)[O-])cc1F. The van der Waals surface area contributed by atoms with Crippen LogP contribution in [0.5, 0.6) is 0 Å². The molecule has 0 atom stereocenters. The first-order valence-electron chi connectivity index (χ1n) is 5.09. The molecule has 0 aromatic heterocycles. The van der Waals surface area contributed by atoms with Gasteiger partial charge in [0.2, 0.25) is 5.82 Å². The minimum atomic E-state index is -1.26. The van der Waals surface area contributed by atoms with Crippen LogP contribution in [0.2, 0.25) is 0 Å². The Morgan fingerprint density at radius 1 is 1.39 bits per heavy atom. The summed E-state index contributed by atoms with van der Waals surface area (Å²) in [5, 5.41) is 12.7. The Bertz CT molecular complexity index is 480. The van der Waals surface area contributed by atoms with E-state index in [9.17, 15) is 23.7 Å². The Morgan fingerprint density at radius 2 is 2.06 bits per heavy atom. The van der Waals surface area contributed by atoms with Crippen LogP contribution in [0.3, 0.4) is 0 Å².